The Balaban J connectivity index is 1.54. The number of nitrogens with zero attached hydrogens (tertiary/aromatic N) is 1. The first-order chi connectivity index (χ1) is 19.6. The molecular formula is C38H36BNO. The van der Waals surface area contributed by atoms with Crippen LogP contribution in [-0.4, -0.2) is 6.71 Å². The minimum absolute atomic E-state index is 0.0226. The molecule has 0 amide bonds. The fourth-order valence-corrected chi connectivity index (χ4v) is 6.40. The monoisotopic (exact) mass is 533 g/mol. The van der Waals surface area contributed by atoms with Crippen LogP contribution in [0.5, 0.6) is 11.5 Å². The zero-order valence-corrected chi connectivity index (χ0v) is 24.8. The first-order valence-electron chi connectivity index (χ1n) is 14.7. The second kappa shape index (κ2) is 9.14. The summed E-state index contributed by atoms with van der Waals surface area (Å²) in [5.74, 6) is 1.90. The summed E-state index contributed by atoms with van der Waals surface area (Å²) < 4.78 is 6.66. The van der Waals surface area contributed by atoms with Crippen LogP contribution in [-0.2, 0) is 10.8 Å². The maximum atomic E-state index is 6.66. The molecule has 0 bridgehead atoms. The number of fused-ring (bicyclic) bond motifs is 4. The van der Waals surface area contributed by atoms with E-state index in [1.54, 1.807) is 0 Å². The molecule has 2 nitrogen and oxygen atoms in total. The van der Waals surface area contributed by atoms with E-state index in [0.29, 0.717) is 0 Å². The van der Waals surface area contributed by atoms with Gasteiger partial charge in [-0.1, -0.05) is 120 Å². The van der Waals surface area contributed by atoms with E-state index in [9.17, 15) is 0 Å². The van der Waals surface area contributed by atoms with Crippen molar-refractivity contribution in [3.8, 4) is 22.6 Å². The third kappa shape index (κ3) is 4.18. The highest BCUT2D eigenvalue weighted by Gasteiger charge is 2.42. The second-order valence-corrected chi connectivity index (χ2v) is 13.5. The first-order valence-corrected chi connectivity index (χ1v) is 14.7. The predicted octanol–water partition coefficient (Wildman–Crippen LogP) is 8.35. The molecule has 7 rings (SSSR count). The van der Waals surface area contributed by atoms with Gasteiger partial charge in [0.2, 0.25) is 0 Å². The SMILES string of the molecule is CC(C)(C)c1ccc2c(c1)B1c3ccc(C(C)(C)C)cc3N(c3ccccc3-c3ccccc3)c3cccc(c31)O2. The van der Waals surface area contributed by atoms with E-state index in [2.05, 4.69) is 156 Å². The zero-order valence-electron chi connectivity index (χ0n) is 24.8. The molecule has 0 radical (unpaired) electrons. The Morgan fingerprint density at radius 3 is 1.95 bits per heavy atom. The van der Waals surface area contributed by atoms with Crippen LogP contribution in [0.4, 0.5) is 17.1 Å². The van der Waals surface area contributed by atoms with Crippen LogP contribution in [0.15, 0.2) is 109 Å². The molecule has 5 aromatic carbocycles. The third-order valence-electron chi connectivity index (χ3n) is 8.66. The van der Waals surface area contributed by atoms with Crippen LogP contribution in [0.2, 0.25) is 0 Å². The number of para-hydroxylation sites is 1. The van der Waals surface area contributed by atoms with Crippen LogP contribution in [0.3, 0.4) is 0 Å². The summed E-state index contributed by atoms with van der Waals surface area (Å²) in [5, 5.41) is 0. The zero-order chi connectivity index (χ0) is 28.5. The summed E-state index contributed by atoms with van der Waals surface area (Å²) >= 11 is 0. The third-order valence-corrected chi connectivity index (χ3v) is 8.66. The number of anilines is 3. The van der Waals surface area contributed by atoms with Gasteiger partial charge in [0, 0.05) is 16.9 Å². The van der Waals surface area contributed by atoms with Gasteiger partial charge in [-0.2, -0.15) is 0 Å². The number of rotatable bonds is 2. The Hall–Kier alpha value is -4.24. The fourth-order valence-electron chi connectivity index (χ4n) is 6.40. The van der Waals surface area contributed by atoms with Crippen molar-refractivity contribution in [3.63, 3.8) is 0 Å². The van der Waals surface area contributed by atoms with Gasteiger partial charge in [-0.25, -0.2) is 0 Å². The molecule has 0 aliphatic carbocycles. The highest BCUT2D eigenvalue weighted by Crippen LogP contribution is 2.45. The summed E-state index contributed by atoms with van der Waals surface area (Å²) in [5.41, 5.74) is 12.5. The van der Waals surface area contributed by atoms with Gasteiger partial charge in [0.1, 0.15) is 11.5 Å². The smallest absolute Gasteiger partial charge is 0.256 e. The lowest BCUT2D eigenvalue weighted by Gasteiger charge is -2.41. The number of ether oxygens (including phenoxy) is 1. The number of benzene rings is 5. The fraction of sp³-hybridized carbons (Fsp3) is 0.211. The molecule has 41 heavy (non-hydrogen) atoms. The number of hydrogen-bond acceptors (Lipinski definition) is 2. The summed E-state index contributed by atoms with van der Waals surface area (Å²) in [7, 11) is 0. The molecule has 0 fully saturated rings. The lowest BCUT2D eigenvalue weighted by atomic mass is 9.34. The average Bonchev–Trinajstić information content (AvgIpc) is 2.96. The van der Waals surface area contributed by atoms with Crippen molar-refractivity contribution < 1.29 is 4.74 Å². The maximum Gasteiger partial charge on any atom is 0.256 e. The molecule has 0 spiro atoms. The molecule has 2 heterocycles. The van der Waals surface area contributed by atoms with Crippen LogP contribution >= 0.6 is 0 Å². The number of hydrogen-bond donors (Lipinski definition) is 0. The van der Waals surface area contributed by atoms with Gasteiger partial charge < -0.3 is 9.64 Å². The van der Waals surface area contributed by atoms with Crippen molar-refractivity contribution >= 4 is 40.2 Å². The van der Waals surface area contributed by atoms with Crippen molar-refractivity contribution in [1.29, 1.82) is 0 Å². The van der Waals surface area contributed by atoms with E-state index in [4.69, 9.17) is 4.74 Å². The summed E-state index contributed by atoms with van der Waals surface area (Å²) in [6.45, 7) is 13.8. The van der Waals surface area contributed by atoms with E-state index < -0.39 is 0 Å². The molecular weight excluding hydrogens is 497 g/mol. The lowest BCUT2D eigenvalue weighted by Crippen LogP contribution is -2.59. The highest BCUT2D eigenvalue weighted by atomic mass is 16.5. The average molecular weight is 534 g/mol. The Labute approximate surface area is 244 Å². The van der Waals surface area contributed by atoms with Gasteiger partial charge in [0.05, 0.1) is 5.69 Å². The van der Waals surface area contributed by atoms with Crippen molar-refractivity contribution in [1.82, 2.24) is 0 Å². The molecule has 5 aromatic rings. The molecule has 3 heteroatoms. The molecule has 2 aliphatic heterocycles. The van der Waals surface area contributed by atoms with E-state index in [-0.39, 0.29) is 17.5 Å². The van der Waals surface area contributed by atoms with E-state index in [1.165, 1.54) is 55.7 Å². The van der Waals surface area contributed by atoms with Crippen LogP contribution < -0.4 is 26.0 Å². The van der Waals surface area contributed by atoms with E-state index in [1.807, 2.05) is 0 Å². The van der Waals surface area contributed by atoms with Crippen molar-refractivity contribution in [3.05, 3.63) is 120 Å². The first kappa shape index (κ1) is 25.7. The second-order valence-electron chi connectivity index (χ2n) is 13.5. The molecule has 2 aliphatic rings. The normalized spacial score (nSPS) is 13.7. The van der Waals surface area contributed by atoms with Gasteiger partial charge in [-0.3, -0.25) is 0 Å². The Bertz CT molecular complexity index is 1790. The standard InChI is InChI=1S/C38H36BNO/c1-37(2,3)26-20-22-34-30(23-26)39-29-21-19-27(38(4,5)6)24-33(29)40(32-17-12-18-35(41-34)36(32)39)31-16-11-10-15-28(31)25-13-8-7-9-14-25/h7-24H,1-6H3. The van der Waals surface area contributed by atoms with E-state index in [0.717, 1.165) is 11.5 Å². The summed E-state index contributed by atoms with van der Waals surface area (Å²) in [4.78, 5) is 2.48. The van der Waals surface area contributed by atoms with Gasteiger partial charge in [-0.05, 0) is 74.2 Å². The minimum atomic E-state index is 0.0226. The van der Waals surface area contributed by atoms with Gasteiger partial charge in [0.15, 0.2) is 0 Å². The van der Waals surface area contributed by atoms with Gasteiger partial charge in [-0.15, -0.1) is 0 Å². The molecule has 0 saturated carbocycles. The largest absolute Gasteiger partial charge is 0.458 e. The van der Waals surface area contributed by atoms with Gasteiger partial charge >= 0.3 is 0 Å². The maximum absolute atomic E-state index is 6.66. The van der Waals surface area contributed by atoms with Gasteiger partial charge in [0.25, 0.3) is 6.71 Å². The molecule has 0 N–H and O–H groups in total. The Morgan fingerprint density at radius 1 is 0.537 bits per heavy atom. The molecule has 202 valence electrons. The van der Waals surface area contributed by atoms with Crippen molar-refractivity contribution in [2.45, 2.75) is 52.4 Å². The quantitative estimate of drug-likeness (QED) is 0.207. The Morgan fingerprint density at radius 2 is 1.20 bits per heavy atom. The Kier molecular flexibility index (Phi) is 5.73. The molecule has 0 saturated heterocycles. The lowest BCUT2D eigenvalue weighted by molar-refractivity contribution is 0.486. The predicted molar refractivity (Wildman–Crippen MR) is 175 cm³/mol. The topological polar surface area (TPSA) is 12.5 Å². The van der Waals surface area contributed by atoms with Crippen LogP contribution in [0.1, 0.15) is 52.7 Å². The summed E-state index contributed by atoms with van der Waals surface area (Å²) in [6.07, 6.45) is 0. The van der Waals surface area contributed by atoms with Crippen LogP contribution in [0, 0.1) is 0 Å². The van der Waals surface area contributed by atoms with Crippen molar-refractivity contribution in [2.24, 2.45) is 0 Å². The highest BCUT2D eigenvalue weighted by molar-refractivity contribution is 6.99. The minimum Gasteiger partial charge on any atom is -0.458 e. The molecule has 0 atom stereocenters. The van der Waals surface area contributed by atoms with Crippen molar-refractivity contribution in [2.75, 3.05) is 4.90 Å². The van der Waals surface area contributed by atoms with E-state index >= 15 is 0 Å². The molecule has 0 unspecified atom stereocenters. The molecule has 0 aromatic heterocycles. The van der Waals surface area contributed by atoms with Crippen LogP contribution in [0.25, 0.3) is 11.1 Å². The summed E-state index contributed by atoms with van der Waals surface area (Å²) in [6, 6.07) is 39.9.